The molecule has 0 aromatic rings. The molecule has 0 rings (SSSR count). The van der Waals surface area contributed by atoms with E-state index in [9.17, 15) is 0 Å². The van der Waals surface area contributed by atoms with Crippen LogP contribution in [-0.4, -0.2) is 24.7 Å². The van der Waals surface area contributed by atoms with E-state index < -0.39 is 0 Å². The van der Waals surface area contributed by atoms with E-state index in [1.165, 1.54) is 0 Å². The first-order chi connectivity index (χ1) is 5.27. The highest BCUT2D eigenvalue weighted by atomic mass is 32.2. The molecular formula is C9H18OS. The third-order valence-electron chi connectivity index (χ3n) is 1.15. The Morgan fingerprint density at radius 2 is 2.18 bits per heavy atom. The van der Waals surface area contributed by atoms with Gasteiger partial charge < -0.3 is 4.74 Å². The van der Waals surface area contributed by atoms with Crippen LogP contribution in [0.2, 0.25) is 0 Å². The molecule has 0 aliphatic heterocycles. The minimum absolute atomic E-state index is 0.650. The Labute approximate surface area is 74.9 Å². The van der Waals surface area contributed by atoms with Gasteiger partial charge in [0.1, 0.15) is 0 Å². The van der Waals surface area contributed by atoms with Crippen LogP contribution in [0.5, 0.6) is 0 Å². The Balaban J connectivity index is 2.80. The smallest absolute Gasteiger partial charge is 0.0488 e. The lowest BCUT2D eigenvalue weighted by molar-refractivity contribution is 0.111. The van der Waals surface area contributed by atoms with Gasteiger partial charge in [0.15, 0.2) is 0 Å². The van der Waals surface area contributed by atoms with Crippen molar-refractivity contribution in [2.45, 2.75) is 20.3 Å². The molecule has 2 radical (unpaired) electrons. The summed E-state index contributed by atoms with van der Waals surface area (Å²) in [6, 6.07) is 0. The average Bonchev–Trinajstić information content (AvgIpc) is 1.96. The molecule has 0 fully saturated rings. The normalized spacial score (nSPS) is 10.9. The molecule has 66 valence electrons. The zero-order valence-electron chi connectivity index (χ0n) is 7.51. The highest BCUT2D eigenvalue weighted by Gasteiger charge is 1.92. The van der Waals surface area contributed by atoms with E-state index in [2.05, 4.69) is 13.8 Å². The van der Waals surface area contributed by atoms with E-state index in [0.29, 0.717) is 5.92 Å². The topological polar surface area (TPSA) is 9.23 Å². The Kier molecular flexibility index (Phi) is 8.64. The summed E-state index contributed by atoms with van der Waals surface area (Å²) in [5.41, 5.74) is 0. The van der Waals surface area contributed by atoms with Crippen LogP contribution in [0.1, 0.15) is 20.3 Å². The Morgan fingerprint density at radius 3 is 2.73 bits per heavy atom. The molecule has 0 aromatic carbocycles. The summed E-state index contributed by atoms with van der Waals surface area (Å²) in [6.07, 6.45) is 1.12. The summed E-state index contributed by atoms with van der Waals surface area (Å²) >= 11 is 1.76. The van der Waals surface area contributed by atoms with Gasteiger partial charge in [0.05, 0.1) is 0 Å². The maximum Gasteiger partial charge on any atom is 0.0488 e. The van der Waals surface area contributed by atoms with Crippen LogP contribution in [0.4, 0.5) is 0 Å². The molecule has 1 nitrogen and oxygen atoms in total. The first kappa shape index (κ1) is 11.3. The van der Waals surface area contributed by atoms with Gasteiger partial charge in [-0.2, -0.15) is 11.8 Å². The highest BCUT2D eigenvalue weighted by Crippen LogP contribution is 2.01. The molecule has 0 bridgehead atoms. The van der Waals surface area contributed by atoms with Crippen molar-refractivity contribution in [2.75, 3.05) is 24.7 Å². The van der Waals surface area contributed by atoms with Crippen molar-refractivity contribution in [3.63, 3.8) is 0 Å². The van der Waals surface area contributed by atoms with Crippen molar-refractivity contribution in [1.29, 1.82) is 0 Å². The molecule has 0 aliphatic rings. The molecule has 0 atom stereocenters. The van der Waals surface area contributed by atoms with E-state index in [4.69, 9.17) is 11.7 Å². The van der Waals surface area contributed by atoms with Crippen LogP contribution in [0, 0.1) is 12.8 Å². The molecule has 0 unspecified atom stereocenters. The third kappa shape index (κ3) is 10.3. The van der Waals surface area contributed by atoms with E-state index in [0.717, 1.165) is 31.1 Å². The molecular weight excluding hydrogens is 156 g/mol. The van der Waals surface area contributed by atoms with Crippen LogP contribution in [0.15, 0.2) is 0 Å². The van der Waals surface area contributed by atoms with Crippen molar-refractivity contribution < 1.29 is 4.74 Å². The average molecular weight is 174 g/mol. The molecule has 2 heteroatoms. The van der Waals surface area contributed by atoms with Crippen LogP contribution < -0.4 is 0 Å². The highest BCUT2D eigenvalue weighted by molar-refractivity contribution is 7.99. The van der Waals surface area contributed by atoms with Gasteiger partial charge in [0.25, 0.3) is 0 Å². The second-order valence-electron chi connectivity index (χ2n) is 2.90. The molecule has 0 saturated heterocycles. The number of hydrogen-bond acceptors (Lipinski definition) is 2. The largest absolute Gasteiger partial charge is 0.381 e. The molecule has 0 spiro atoms. The lowest BCUT2D eigenvalue weighted by Gasteiger charge is -2.05. The van der Waals surface area contributed by atoms with Crippen LogP contribution in [-0.2, 0) is 4.74 Å². The van der Waals surface area contributed by atoms with Gasteiger partial charge in [-0.05, 0) is 30.8 Å². The summed E-state index contributed by atoms with van der Waals surface area (Å²) in [5, 5.41) is 0. The lowest BCUT2D eigenvalue weighted by atomic mass is 10.2. The summed E-state index contributed by atoms with van der Waals surface area (Å²) < 4.78 is 5.39. The summed E-state index contributed by atoms with van der Waals surface area (Å²) in [4.78, 5) is 0. The van der Waals surface area contributed by atoms with Crippen LogP contribution in [0.3, 0.4) is 0 Å². The van der Waals surface area contributed by atoms with Gasteiger partial charge in [-0.3, -0.25) is 0 Å². The number of rotatable bonds is 7. The first-order valence-electron chi connectivity index (χ1n) is 4.13. The molecule has 0 amide bonds. The quantitative estimate of drug-likeness (QED) is 0.548. The Morgan fingerprint density at radius 1 is 1.45 bits per heavy atom. The van der Waals surface area contributed by atoms with Crippen molar-refractivity contribution in [3.05, 3.63) is 6.92 Å². The predicted molar refractivity (Wildman–Crippen MR) is 51.9 cm³/mol. The zero-order chi connectivity index (χ0) is 8.53. The minimum Gasteiger partial charge on any atom is -0.381 e. The molecule has 0 aliphatic carbocycles. The van der Waals surface area contributed by atoms with Gasteiger partial charge in [-0.1, -0.05) is 13.8 Å². The summed E-state index contributed by atoms with van der Waals surface area (Å²) in [7, 11) is 0. The van der Waals surface area contributed by atoms with Crippen molar-refractivity contribution >= 4 is 11.8 Å². The second kappa shape index (κ2) is 8.41. The lowest BCUT2D eigenvalue weighted by Crippen LogP contribution is -2.03. The minimum atomic E-state index is 0.650. The zero-order valence-corrected chi connectivity index (χ0v) is 8.32. The van der Waals surface area contributed by atoms with Crippen molar-refractivity contribution in [2.24, 2.45) is 5.92 Å². The van der Waals surface area contributed by atoms with Gasteiger partial charge in [-0.15, -0.1) is 0 Å². The monoisotopic (exact) mass is 174 g/mol. The number of ether oxygens (including phenoxy) is 1. The van der Waals surface area contributed by atoms with E-state index in [-0.39, 0.29) is 0 Å². The van der Waals surface area contributed by atoms with Crippen LogP contribution in [0.25, 0.3) is 0 Å². The SMILES string of the molecule is [CH]CSCCCOCC(C)C. The predicted octanol–water partition coefficient (Wildman–Crippen LogP) is 2.49. The number of thioether (sulfide) groups is 1. The third-order valence-corrected chi connectivity index (χ3v) is 1.96. The van der Waals surface area contributed by atoms with Gasteiger partial charge in [0.2, 0.25) is 0 Å². The first-order valence-corrected chi connectivity index (χ1v) is 5.28. The van der Waals surface area contributed by atoms with Gasteiger partial charge in [-0.25, -0.2) is 0 Å². The molecule has 0 aromatic heterocycles. The molecule has 0 heterocycles. The fourth-order valence-corrected chi connectivity index (χ4v) is 1.15. The maximum absolute atomic E-state index is 5.39. The standard InChI is InChI=1S/C9H18OS/c1-4-11-7-5-6-10-8-9(2)3/h1,9H,4-8H2,2-3H3. The Bertz CT molecular complexity index is 74.0. The summed E-state index contributed by atoms with van der Waals surface area (Å²) in [6.45, 7) is 11.4. The van der Waals surface area contributed by atoms with Gasteiger partial charge >= 0.3 is 0 Å². The van der Waals surface area contributed by atoms with E-state index >= 15 is 0 Å². The molecule has 11 heavy (non-hydrogen) atoms. The van der Waals surface area contributed by atoms with Crippen molar-refractivity contribution in [1.82, 2.24) is 0 Å². The fourth-order valence-electron chi connectivity index (χ4n) is 0.665. The Hall–Kier alpha value is 0.310. The fraction of sp³-hybridized carbons (Fsp3) is 0.889. The van der Waals surface area contributed by atoms with Crippen LogP contribution >= 0.6 is 11.8 Å². The molecule has 0 N–H and O–H groups in total. The number of hydrogen-bond donors (Lipinski definition) is 0. The van der Waals surface area contributed by atoms with Crippen molar-refractivity contribution in [3.8, 4) is 0 Å². The molecule has 0 saturated carbocycles. The summed E-state index contributed by atoms with van der Waals surface area (Å²) in [5.74, 6) is 2.50. The van der Waals surface area contributed by atoms with E-state index in [1.807, 2.05) is 0 Å². The van der Waals surface area contributed by atoms with E-state index in [1.54, 1.807) is 11.8 Å². The maximum atomic E-state index is 5.39. The second-order valence-corrected chi connectivity index (χ2v) is 4.05. The van der Waals surface area contributed by atoms with Gasteiger partial charge in [0, 0.05) is 13.2 Å².